The molecule has 1 amide bonds. The number of nitrogens with zero attached hydrogens (tertiary/aromatic N) is 2. The van der Waals surface area contributed by atoms with Crippen LogP contribution in [0.3, 0.4) is 0 Å². The molecule has 1 aliphatic rings. The fourth-order valence-electron chi connectivity index (χ4n) is 1.81. The second kappa shape index (κ2) is 4.02. The van der Waals surface area contributed by atoms with E-state index in [0.29, 0.717) is 24.4 Å². The molecule has 1 atom stereocenters. The third kappa shape index (κ3) is 2.02. The Morgan fingerprint density at radius 3 is 3.13 bits per heavy atom. The lowest BCUT2D eigenvalue weighted by Crippen LogP contribution is -2.42. The third-order valence-corrected chi connectivity index (χ3v) is 2.66. The van der Waals surface area contributed by atoms with E-state index in [2.05, 4.69) is 5.16 Å². The zero-order valence-electron chi connectivity index (χ0n) is 8.64. The molecule has 1 saturated heterocycles. The molecule has 0 radical (unpaired) electrons. The van der Waals surface area contributed by atoms with Gasteiger partial charge in [0.1, 0.15) is 11.3 Å². The van der Waals surface area contributed by atoms with E-state index >= 15 is 0 Å². The van der Waals surface area contributed by atoms with Crippen LogP contribution in [0.5, 0.6) is 0 Å². The van der Waals surface area contributed by atoms with Crippen molar-refractivity contribution in [3.05, 3.63) is 17.5 Å². The lowest BCUT2D eigenvalue weighted by atomic mass is 10.1. The number of amides is 1. The Balaban J connectivity index is 2.11. The molecule has 0 aromatic carbocycles. The van der Waals surface area contributed by atoms with Gasteiger partial charge in [-0.2, -0.15) is 0 Å². The molecular formula is C10H14N2O3. The second-order valence-corrected chi connectivity index (χ2v) is 3.84. The predicted octanol–water partition coefficient (Wildman–Crippen LogP) is 0.580. The predicted molar refractivity (Wildman–Crippen MR) is 52.4 cm³/mol. The SMILES string of the molecule is Cc1oncc1C(=O)N1CCC[C@H](O)C1. The van der Waals surface area contributed by atoms with Gasteiger partial charge in [-0.3, -0.25) is 4.79 Å². The van der Waals surface area contributed by atoms with Gasteiger partial charge in [0, 0.05) is 13.1 Å². The largest absolute Gasteiger partial charge is 0.391 e. The molecule has 1 N–H and O–H groups in total. The highest BCUT2D eigenvalue weighted by Crippen LogP contribution is 2.15. The summed E-state index contributed by atoms with van der Waals surface area (Å²) in [5.74, 6) is 0.424. The Labute approximate surface area is 87.7 Å². The summed E-state index contributed by atoms with van der Waals surface area (Å²) in [4.78, 5) is 13.6. The summed E-state index contributed by atoms with van der Waals surface area (Å²) in [7, 11) is 0. The molecule has 15 heavy (non-hydrogen) atoms. The molecule has 0 spiro atoms. The number of aromatic nitrogens is 1. The van der Waals surface area contributed by atoms with Gasteiger partial charge in [0.2, 0.25) is 0 Å². The van der Waals surface area contributed by atoms with E-state index in [1.807, 2.05) is 0 Å². The lowest BCUT2D eigenvalue weighted by Gasteiger charge is -2.29. The van der Waals surface area contributed by atoms with E-state index in [1.165, 1.54) is 6.20 Å². The van der Waals surface area contributed by atoms with Crippen molar-refractivity contribution in [3.8, 4) is 0 Å². The first-order chi connectivity index (χ1) is 7.18. The van der Waals surface area contributed by atoms with Crippen molar-refractivity contribution in [2.45, 2.75) is 25.9 Å². The Morgan fingerprint density at radius 1 is 1.73 bits per heavy atom. The van der Waals surface area contributed by atoms with E-state index in [9.17, 15) is 9.90 Å². The average molecular weight is 210 g/mol. The van der Waals surface area contributed by atoms with E-state index < -0.39 is 6.10 Å². The monoisotopic (exact) mass is 210 g/mol. The van der Waals surface area contributed by atoms with Gasteiger partial charge in [-0.25, -0.2) is 0 Å². The van der Waals surface area contributed by atoms with Crippen molar-refractivity contribution in [2.75, 3.05) is 13.1 Å². The quantitative estimate of drug-likeness (QED) is 0.736. The fraction of sp³-hybridized carbons (Fsp3) is 0.600. The maximum absolute atomic E-state index is 11.9. The van der Waals surface area contributed by atoms with Gasteiger partial charge in [-0.05, 0) is 19.8 Å². The molecule has 1 aromatic rings. The Morgan fingerprint density at radius 2 is 2.53 bits per heavy atom. The zero-order chi connectivity index (χ0) is 10.8. The highest BCUT2D eigenvalue weighted by atomic mass is 16.5. The molecular weight excluding hydrogens is 196 g/mol. The molecule has 0 unspecified atom stereocenters. The van der Waals surface area contributed by atoms with Gasteiger partial charge in [-0.15, -0.1) is 0 Å². The number of β-amino-alcohol motifs (C(OH)–C–C–N with tert-alkyl or cyclic N) is 1. The van der Waals surface area contributed by atoms with Crippen LogP contribution in [0.1, 0.15) is 29.0 Å². The zero-order valence-corrected chi connectivity index (χ0v) is 8.64. The van der Waals surface area contributed by atoms with Crippen LogP contribution in [0.2, 0.25) is 0 Å². The van der Waals surface area contributed by atoms with Gasteiger partial charge < -0.3 is 14.5 Å². The summed E-state index contributed by atoms with van der Waals surface area (Å²) in [5, 5.41) is 13.0. The summed E-state index contributed by atoms with van der Waals surface area (Å²) in [6.07, 6.45) is 2.64. The minimum absolute atomic E-state index is 0.104. The molecule has 0 saturated carbocycles. The first-order valence-corrected chi connectivity index (χ1v) is 5.07. The van der Waals surface area contributed by atoms with E-state index in [-0.39, 0.29) is 5.91 Å². The van der Waals surface area contributed by atoms with Crippen molar-refractivity contribution in [3.63, 3.8) is 0 Å². The average Bonchev–Trinajstić information content (AvgIpc) is 2.63. The maximum atomic E-state index is 11.9. The van der Waals surface area contributed by atoms with Crippen molar-refractivity contribution < 1.29 is 14.4 Å². The van der Waals surface area contributed by atoms with Crippen molar-refractivity contribution >= 4 is 5.91 Å². The molecule has 2 heterocycles. The highest BCUT2D eigenvalue weighted by molar-refractivity contribution is 5.94. The van der Waals surface area contributed by atoms with E-state index in [0.717, 1.165) is 12.8 Å². The van der Waals surface area contributed by atoms with Crippen molar-refractivity contribution in [2.24, 2.45) is 0 Å². The van der Waals surface area contributed by atoms with E-state index in [1.54, 1.807) is 11.8 Å². The number of hydrogen-bond donors (Lipinski definition) is 1. The number of likely N-dealkylation sites (tertiary alicyclic amines) is 1. The van der Waals surface area contributed by atoms with Crippen LogP contribution < -0.4 is 0 Å². The summed E-state index contributed by atoms with van der Waals surface area (Å²) in [5.41, 5.74) is 0.490. The molecule has 5 heteroatoms. The highest BCUT2D eigenvalue weighted by Gasteiger charge is 2.25. The number of aliphatic hydroxyl groups excluding tert-OH is 1. The number of carbonyl (C=O) groups excluding carboxylic acids is 1. The normalized spacial score (nSPS) is 21.7. The van der Waals surface area contributed by atoms with Crippen LogP contribution in [0, 0.1) is 6.92 Å². The molecule has 1 fully saturated rings. The summed E-state index contributed by atoms with van der Waals surface area (Å²) in [6, 6.07) is 0. The number of hydrogen-bond acceptors (Lipinski definition) is 4. The summed E-state index contributed by atoms with van der Waals surface area (Å²) >= 11 is 0. The molecule has 2 rings (SSSR count). The van der Waals surface area contributed by atoms with Crippen LogP contribution >= 0.6 is 0 Å². The molecule has 5 nitrogen and oxygen atoms in total. The topological polar surface area (TPSA) is 66.6 Å². The molecule has 1 aliphatic heterocycles. The number of carbonyl (C=O) groups is 1. The van der Waals surface area contributed by atoms with Crippen LogP contribution in [0.25, 0.3) is 0 Å². The Hall–Kier alpha value is -1.36. The smallest absolute Gasteiger partial charge is 0.259 e. The molecule has 1 aromatic heterocycles. The van der Waals surface area contributed by atoms with Gasteiger partial charge in [0.05, 0.1) is 12.3 Å². The Kier molecular flexibility index (Phi) is 2.73. The first-order valence-electron chi connectivity index (χ1n) is 5.07. The van der Waals surface area contributed by atoms with Crippen LogP contribution in [0.15, 0.2) is 10.7 Å². The maximum Gasteiger partial charge on any atom is 0.259 e. The molecule has 82 valence electrons. The first kappa shape index (κ1) is 10.2. The van der Waals surface area contributed by atoms with Crippen LogP contribution in [0.4, 0.5) is 0 Å². The standard InChI is InChI=1S/C10H14N2O3/c1-7-9(5-11-15-7)10(14)12-4-2-3-8(13)6-12/h5,8,13H,2-4,6H2,1H3/t8-/m0/s1. The number of rotatable bonds is 1. The van der Waals surface area contributed by atoms with Gasteiger partial charge >= 0.3 is 0 Å². The fourth-order valence-corrected chi connectivity index (χ4v) is 1.81. The minimum atomic E-state index is -0.400. The summed E-state index contributed by atoms with van der Waals surface area (Å²) < 4.78 is 4.84. The van der Waals surface area contributed by atoms with Gasteiger partial charge in [-0.1, -0.05) is 5.16 Å². The number of aryl methyl sites for hydroxylation is 1. The number of aliphatic hydroxyl groups is 1. The van der Waals surface area contributed by atoms with Crippen molar-refractivity contribution in [1.82, 2.24) is 10.1 Å². The van der Waals surface area contributed by atoms with E-state index in [4.69, 9.17) is 4.52 Å². The minimum Gasteiger partial charge on any atom is -0.391 e. The summed E-state index contributed by atoms with van der Waals surface area (Å²) in [6.45, 7) is 2.81. The second-order valence-electron chi connectivity index (χ2n) is 3.84. The lowest BCUT2D eigenvalue weighted by molar-refractivity contribution is 0.0472. The van der Waals surface area contributed by atoms with Gasteiger partial charge in [0.25, 0.3) is 5.91 Å². The molecule has 0 bridgehead atoms. The molecule has 0 aliphatic carbocycles. The van der Waals surface area contributed by atoms with Crippen LogP contribution in [-0.4, -0.2) is 40.3 Å². The number of piperidine rings is 1. The third-order valence-electron chi connectivity index (χ3n) is 2.66. The van der Waals surface area contributed by atoms with Gasteiger partial charge in [0.15, 0.2) is 0 Å². The van der Waals surface area contributed by atoms with Crippen molar-refractivity contribution in [1.29, 1.82) is 0 Å². The van der Waals surface area contributed by atoms with Crippen LogP contribution in [-0.2, 0) is 0 Å². The Bertz CT molecular complexity index is 361.